The third kappa shape index (κ3) is 2.38. The van der Waals surface area contributed by atoms with Crippen LogP contribution in [-0.4, -0.2) is 24.5 Å². The van der Waals surface area contributed by atoms with Crippen LogP contribution < -0.4 is 5.32 Å². The van der Waals surface area contributed by atoms with Crippen LogP contribution in [0.1, 0.15) is 34.3 Å². The number of nitrogens with one attached hydrogen (secondary N) is 1. The molecule has 1 aromatic carbocycles. The van der Waals surface area contributed by atoms with E-state index >= 15 is 0 Å². The fourth-order valence-electron chi connectivity index (χ4n) is 2.31. The van der Waals surface area contributed by atoms with Crippen LogP contribution >= 0.6 is 15.9 Å². The van der Waals surface area contributed by atoms with Crippen LogP contribution in [0.5, 0.6) is 5.75 Å². The van der Waals surface area contributed by atoms with E-state index in [1.165, 1.54) is 5.56 Å². The lowest BCUT2D eigenvalue weighted by Gasteiger charge is -2.19. The molecule has 0 amide bonds. The highest BCUT2D eigenvalue weighted by Gasteiger charge is 2.21. The number of carbonyl (C=O) groups is 1. The van der Waals surface area contributed by atoms with Crippen molar-refractivity contribution in [1.29, 1.82) is 0 Å². The molecule has 1 aromatic rings. The molecular formula is C13H16BrNO2. The summed E-state index contributed by atoms with van der Waals surface area (Å²) in [7, 11) is 1.72. The fraction of sp³-hybridized carbons (Fsp3) is 0.462. The second-order valence-corrected chi connectivity index (χ2v) is 5.18. The molecule has 0 bridgehead atoms. The highest BCUT2D eigenvalue weighted by atomic mass is 79.9. The van der Waals surface area contributed by atoms with Gasteiger partial charge in [0, 0.05) is 0 Å². The standard InChI is InChI=1S/C13H16BrNO2/c1-15-7-11(16)10-6-8-4-2-3-5-9(8)12(14)13(10)17/h6,15,17H,2-5,7H2,1H3. The van der Waals surface area contributed by atoms with Gasteiger partial charge >= 0.3 is 0 Å². The number of halogens is 1. The summed E-state index contributed by atoms with van der Waals surface area (Å²) in [4.78, 5) is 11.9. The van der Waals surface area contributed by atoms with E-state index < -0.39 is 0 Å². The van der Waals surface area contributed by atoms with Gasteiger partial charge in [0.2, 0.25) is 0 Å². The van der Waals surface area contributed by atoms with Gasteiger partial charge in [-0.15, -0.1) is 0 Å². The predicted octanol–water partition coefficient (Wildman–Crippen LogP) is 2.44. The number of phenols is 1. The third-order valence-electron chi connectivity index (χ3n) is 3.19. The van der Waals surface area contributed by atoms with Crippen LogP contribution in [0.3, 0.4) is 0 Å². The number of rotatable bonds is 3. The predicted molar refractivity (Wildman–Crippen MR) is 70.7 cm³/mol. The van der Waals surface area contributed by atoms with Gasteiger partial charge in [-0.1, -0.05) is 0 Å². The lowest BCUT2D eigenvalue weighted by atomic mass is 9.89. The zero-order valence-electron chi connectivity index (χ0n) is 9.85. The Morgan fingerprint density at radius 1 is 1.47 bits per heavy atom. The van der Waals surface area contributed by atoms with Crippen molar-refractivity contribution >= 4 is 21.7 Å². The van der Waals surface area contributed by atoms with Crippen molar-refractivity contribution in [2.75, 3.05) is 13.6 Å². The lowest BCUT2D eigenvalue weighted by Crippen LogP contribution is -2.19. The number of benzene rings is 1. The number of aromatic hydroxyl groups is 1. The molecule has 3 nitrogen and oxygen atoms in total. The summed E-state index contributed by atoms with van der Waals surface area (Å²) >= 11 is 3.41. The van der Waals surface area contributed by atoms with Gasteiger partial charge in [-0.25, -0.2) is 0 Å². The van der Waals surface area contributed by atoms with Crippen molar-refractivity contribution in [2.45, 2.75) is 25.7 Å². The Balaban J connectivity index is 2.47. The van der Waals surface area contributed by atoms with E-state index in [4.69, 9.17) is 0 Å². The van der Waals surface area contributed by atoms with Crippen molar-refractivity contribution in [3.8, 4) is 5.75 Å². The van der Waals surface area contributed by atoms with E-state index in [-0.39, 0.29) is 18.1 Å². The highest BCUT2D eigenvalue weighted by molar-refractivity contribution is 9.10. The molecule has 1 aliphatic rings. The number of aryl methyl sites for hydroxylation is 1. The first-order valence-corrected chi connectivity index (χ1v) is 6.65. The van der Waals surface area contributed by atoms with Crippen molar-refractivity contribution < 1.29 is 9.90 Å². The van der Waals surface area contributed by atoms with Crippen molar-refractivity contribution in [2.24, 2.45) is 0 Å². The van der Waals surface area contributed by atoms with Crippen LogP contribution in [-0.2, 0) is 12.8 Å². The quantitative estimate of drug-likeness (QED) is 0.843. The van der Waals surface area contributed by atoms with Gasteiger partial charge in [-0.05, 0) is 65.9 Å². The van der Waals surface area contributed by atoms with Gasteiger partial charge in [0.25, 0.3) is 0 Å². The van der Waals surface area contributed by atoms with E-state index in [2.05, 4.69) is 21.2 Å². The maximum absolute atomic E-state index is 11.9. The normalized spacial score (nSPS) is 14.5. The maximum Gasteiger partial charge on any atom is 0.180 e. The molecule has 92 valence electrons. The van der Waals surface area contributed by atoms with Crippen LogP contribution in [0.15, 0.2) is 10.5 Å². The zero-order chi connectivity index (χ0) is 12.4. The first-order chi connectivity index (χ1) is 8.15. The molecule has 0 heterocycles. The molecule has 0 aromatic heterocycles. The van der Waals surface area contributed by atoms with Gasteiger partial charge in [0.05, 0.1) is 16.6 Å². The molecule has 0 saturated heterocycles. The van der Waals surface area contributed by atoms with E-state index in [1.54, 1.807) is 7.05 Å². The molecule has 0 fully saturated rings. The molecule has 0 saturated carbocycles. The molecule has 2 rings (SSSR count). The van der Waals surface area contributed by atoms with E-state index in [0.717, 1.165) is 31.2 Å². The monoisotopic (exact) mass is 297 g/mol. The van der Waals surface area contributed by atoms with Crippen LogP contribution in [0, 0.1) is 0 Å². The van der Waals surface area contributed by atoms with Gasteiger partial charge in [0.1, 0.15) is 5.75 Å². The third-order valence-corrected chi connectivity index (χ3v) is 4.05. The Bertz CT molecular complexity index is 457. The van der Waals surface area contributed by atoms with Gasteiger partial charge in [-0.3, -0.25) is 4.79 Å². The molecule has 0 unspecified atom stereocenters. The fourth-order valence-corrected chi connectivity index (χ4v) is 2.98. The van der Waals surface area contributed by atoms with E-state index in [9.17, 15) is 9.90 Å². The number of carbonyl (C=O) groups excluding carboxylic acids is 1. The van der Waals surface area contributed by atoms with E-state index in [0.29, 0.717) is 10.0 Å². The van der Waals surface area contributed by atoms with E-state index in [1.807, 2.05) is 6.07 Å². The number of hydrogen-bond acceptors (Lipinski definition) is 3. The molecule has 0 aliphatic heterocycles. The van der Waals surface area contributed by atoms with Gasteiger partial charge in [-0.2, -0.15) is 0 Å². The summed E-state index contributed by atoms with van der Waals surface area (Å²) < 4.78 is 0.703. The summed E-state index contributed by atoms with van der Waals surface area (Å²) in [5, 5.41) is 12.9. The minimum atomic E-state index is -0.0703. The van der Waals surface area contributed by atoms with Crippen LogP contribution in [0.4, 0.5) is 0 Å². The lowest BCUT2D eigenvalue weighted by molar-refractivity contribution is 0.0991. The summed E-state index contributed by atoms with van der Waals surface area (Å²) in [5.41, 5.74) is 2.78. The molecule has 0 spiro atoms. The molecule has 17 heavy (non-hydrogen) atoms. The summed E-state index contributed by atoms with van der Waals surface area (Å²) in [6, 6.07) is 1.86. The van der Waals surface area contributed by atoms with Gasteiger partial charge in [0.15, 0.2) is 5.78 Å². The minimum Gasteiger partial charge on any atom is -0.506 e. The Morgan fingerprint density at radius 3 is 2.88 bits per heavy atom. The Hall–Kier alpha value is -0.870. The highest BCUT2D eigenvalue weighted by Crippen LogP contribution is 2.37. The largest absolute Gasteiger partial charge is 0.506 e. The number of phenolic OH excluding ortho intramolecular Hbond substituents is 1. The Labute approximate surface area is 109 Å². The number of Topliss-reactive ketones (excluding diaryl/α,β-unsaturated/α-hetero) is 1. The molecular weight excluding hydrogens is 282 g/mol. The van der Waals surface area contributed by atoms with Crippen molar-refractivity contribution in [3.63, 3.8) is 0 Å². The zero-order valence-corrected chi connectivity index (χ0v) is 11.4. The smallest absolute Gasteiger partial charge is 0.180 e. The van der Waals surface area contributed by atoms with Crippen molar-refractivity contribution in [1.82, 2.24) is 5.32 Å². The first kappa shape index (κ1) is 12.6. The number of hydrogen-bond donors (Lipinski definition) is 2. The van der Waals surface area contributed by atoms with Crippen LogP contribution in [0.25, 0.3) is 0 Å². The topological polar surface area (TPSA) is 49.3 Å². The number of ketones is 1. The van der Waals surface area contributed by atoms with Crippen LogP contribution in [0.2, 0.25) is 0 Å². The second kappa shape index (κ2) is 5.19. The molecule has 0 atom stereocenters. The molecule has 2 N–H and O–H groups in total. The Kier molecular flexibility index (Phi) is 3.84. The summed E-state index contributed by atoms with van der Waals surface area (Å²) in [6.07, 6.45) is 4.27. The average molecular weight is 298 g/mol. The van der Waals surface area contributed by atoms with Gasteiger partial charge < -0.3 is 10.4 Å². The second-order valence-electron chi connectivity index (χ2n) is 4.39. The summed E-state index contributed by atoms with van der Waals surface area (Å²) in [5.74, 6) is 0.0185. The molecule has 4 heteroatoms. The average Bonchev–Trinajstić information content (AvgIpc) is 2.34. The Morgan fingerprint density at radius 2 is 2.18 bits per heavy atom. The maximum atomic E-state index is 11.9. The molecule has 1 aliphatic carbocycles. The SMILES string of the molecule is CNCC(=O)c1cc2c(c(Br)c1O)CCCC2. The van der Waals surface area contributed by atoms with Crippen molar-refractivity contribution in [3.05, 3.63) is 27.2 Å². The minimum absolute atomic E-state index is 0.0703. The molecule has 0 radical (unpaired) electrons. The first-order valence-electron chi connectivity index (χ1n) is 5.86. The number of fused-ring (bicyclic) bond motifs is 1. The summed E-state index contributed by atoms with van der Waals surface area (Å²) in [6.45, 7) is 0.249. The number of likely N-dealkylation sites (N-methyl/N-ethyl adjacent to an activating group) is 1.